The first kappa shape index (κ1) is 28.9. The summed E-state index contributed by atoms with van der Waals surface area (Å²) in [7, 11) is 0. The number of aliphatic imine (C=N–C) groups is 1. The molecule has 0 spiro atoms. The second kappa shape index (κ2) is 13.3. The number of carbonyl (C=O) groups is 1. The van der Waals surface area contributed by atoms with Gasteiger partial charge in [-0.05, 0) is 47.5 Å². The van der Waals surface area contributed by atoms with Crippen molar-refractivity contribution in [2.75, 3.05) is 13.2 Å². The molecule has 0 bridgehead atoms. The summed E-state index contributed by atoms with van der Waals surface area (Å²) >= 11 is 10.1. The molecule has 0 saturated carbocycles. The van der Waals surface area contributed by atoms with Crippen molar-refractivity contribution < 1.29 is 19.4 Å². The molecule has 0 aromatic heterocycles. The summed E-state index contributed by atoms with van der Waals surface area (Å²) in [6.45, 7) is 0.743. The van der Waals surface area contributed by atoms with E-state index in [4.69, 9.17) is 31.2 Å². The van der Waals surface area contributed by atoms with E-state index >= 15 is 0 Å². The molecule has 0 unspecified atom stereocenters. The van der Waals surface area contributed by atoms with E-state index in [-0.39, 0.29) is 19.1 Å². The largest absolute Gasteiger partial charge is 0.494 e. The van der Waals surface area contributed by atoms with Crippen LogP contribution in [0, 0.1) is 0 Å². The number of rotatable bonds is 11. The molecule has 210 valence electrons. The molecule has 4 aromatic carbocycles. The fourth-order valence-electron chi connectivity index (χ4n) is 4.82. The number of benzene rings is 4. The topological polar surface area (TPSA) is 80.2 Å². The molecule has 0 saturated heterocycles. The minimum absolute atomic E-state index is 0.0706. The predicted octanol–water partition coefficient (Wildman–Crippen LogP) is 6.68. The fraction of sp³-hybridized carbons (Fsp3) is 0.212. The fourth-order valence-corrected chi connectivity index (χ4v) is 5.52. The third kappa shape index (κ3) is 6.64. The standard InChI is InChI=1S/C33H30BrClN2O4/c34-28-13-6-5-12-27(28)30-33(21-23-9-2-1-3-10-23,32(39)36-22-25-11-4-7-14-29(25)35)37-31(41-30)24-15-17-26(18-16-24)40-20-8-19-38/h1-7,9-18,30,38H,8,19-22H2,(H,36,39)/t30-,33-/m1/s1. The van der Waals surface area contributed by atoms with Crippen molar-refractivity contribution >= 4 is 39.3 Å². The Morgan fingerprint density at radius 1 is 0.976 bits per heavy atom. The zero-order valence-electron chi connectivity index (χ0n) is 22.3. The summed E-state index contributed by atoms with van der Waals surface area (Å²) in [4.78, 5) is 19.4. The lowest BCUT2D eigenvalue weighted by Crippen LogP contribution is -2.49. The van der Waals surface area contributed by atoms with Crippen LogP contribution in [0.15, 0.2) is 113 Å². The van der Waals surface area contributed by atoms with E-state index in [9.17, 15) is 4.79 Å². The van der Waals surface area contributed by atoms with Crippen molar-refractivity contribution in [1.29, 1.82) is 0 Å². The van der Waals surface area contributed by atoms with Gasteiger partial charge in [0.25, 0.3) is 5.91 Å². The highest BCUT2D eigenvalue weighted by Crippen LogP contribution is 2.44. The summed E-state index contributed by atoms with van der Waals surface area (Å²) in [5, 5.41) is 12.7. The molecule has 0 aliphatic carbocycles. The van der Waals surface area contributed by atoms with Gasteiger partial charge in [0.15, 0.2) is 11.6 Å². The maximum Gasteiger partial charge on any atom is 0.252 e. The van der Waals surface area contributed by atoms with Gasteiger partial charge in [-0.1, -0.05) is 94.3 Å². The molecule has 8 heteroatoms. The Kier molecular flexibility index (Phi) is 9.39. The van der Waals surface area contributed by atoms with Gasteiger partial charge in [-0.3, -0.25) is 4.79 Å². The van der Waals surface area contributed by atoms with Crippen LogP contribution in [0.3, 0.4) is 0 Å². The van der Waals surface area contributed by atoms with Gasteiger partial charge in [-0.15, -0.1) is 0 Å². The van der Waals surface area contributed by atoms with Crippen molar-refractivity contribution in [3.8, 4) is 5.75 Å². The Bertz CT molecular complexity index is 1510. The number of nitrogens with one attached hydrogen (secondary N) is 1. The van der Waals surface area contributed by atoms with Crippen LogP contribution in [0.5, 0.6) is 5.75 Å². The van der Waals surface area contributed by atoms with E-state index < -0.39 is 11.6 Å². The van der Waals surface area contributed by atoms with Gasteiger partial charge < -0.3 is 19.9 Å². The number of aliphatic hydroxyl groups excluding tert-OH is 1. The average Bonchev–Trinajstić information content (AvgIpc) is 3.38. The molecule has 0 radical (unpaired) electrons. The van der Waals surface area contributed by atoms with Crippen LogP contribution in [0.2, 0.25) is 5.02 Å². The molecule has 0 fully saturated rings. The summed E-state index contributed by atoms with van der Waals surface area (Å²) in [5.74, 6) is 0.786. The molecule has 1 amide bonds. The molecular weight excluding hydrogens is 604 g/mol. The van der Waals surface area contributed by atoms with E-state index in [2.05, 4.69) is 21.2 Å². The number of amides is 1. The monoisotopic (exact) mass is 632 g/mol. The molecule has 5 rings (SSSR count). The molecule has 4 aromatic rings. The van der Waals surface area contributed by atoms with E-state index in [1.54, 1.807) is 6.07 Å². The number of halogens is 2. The van der Waals surface area contributed by atoms with Crippen LogP contribution in [-0.2, 0) is 22.5 Å². The molecule has 2 N–H and O–H groups in total. The summed E-state index contributed by atoms with van der Waals surface area (Å²) in [5.41, 5.74) is 2.01. The molecule has 1 aliphatic rings. The number of ether oxygens (including phenoxy) is 2. The lowest BCUT2D eigenvalue weighted by Gasteiger charge is -2.31. The summed E-state index contributed by atoms with van der Waals surface area (Å²) < 4.78 is 13.1. The third-order valence-corrected chi connectivity index (χ3v) is 8.02. The van der Waals surface area contributed by atoms with Gasteiger partial charge in [0.1, 0.15) is 5.75 Å². The Morgan fingerprint density at radius 2 is 1.68 bits per heavy atom. The minimum Gasteiger partial charge on any atom is -0.494 e. The number of nitrogens with zero attached hydrogens (tertiary/aromatic N) is 1. The Hall–Kier alpha value is -3.65. The molecule has 1 heterocycles. The molecule has 1 aliphatic heterocycles. The Balaban J connectivity index is 1.56. The molecule has 6 nitrogen and oxygen atoms in total. The number of carbonyl (C=O) groups excluding carboxylic acids is 1. The predicted molar refractivity (Wildman–Crippen MR) is 164 cm³/mol. The van der Waals surface area contributed by atoms with Crippen LogP contribution in [0.1, 0.15) is 34.8 Å². The quantitative estimate of drug-likeness (QED) is 0.181. The lowest BCUT2D eigenvalue weighted by atomic mass is 9.82. The van der Waals surface area contributed by atoms with E-state index in [1.165, 1.54) is 0 Å². The molecular formula is C33H30BrClN2O4. The van der Waals surface area contributed by atoms with Crippen LogP contribution in [0.25, 0.3) is 0 Å². The van der Waals surface area contributed by atoms with Crippen LogP contribution < -0.4 is 10.1 Å². The number of hydrogen-bond donors (Lipinski definition) is 2. The zero-order valence-corrected chi connectivity index (χ0v) is 24.6. The van der Waals surface area contributed by atoms with Gasteiger partial charge in [0.2, 0.25) is 5.90 Å². The van der Waals surface area contributed by atoms with Crippen molar-refractivity contribution in [2.45, 2.75) is 31.0 Å². The van der Waals surface area contributed by atoms with Crippen molar-refractivity contribution in [3.05, 3.63) is 135 Å². The highest BCUT2D eigenvalue weighted by molar-refractivity contribution is 9.10. The Labute approximate surface area is 253 Å². The lowest BCUT2D eigenvalue weighted by molar-refractivity contribution is -0.129. The third-order valence-electron chi connectivity index (χ3n) is 6.93. The number of aliphatic hydroxyl groups is 1. The normalized spacial score (nSPS) is 17.9. The summed E-state index contributed by atoms with van der Waals surface area (Å²) in [6, 6.07) is 32.4. The Morgan fingerprint density at radius 3 is 2.41 bits per heavy atom. The second-order valence-corrected chi connectivity index (χ2v) is 11.0. The van der Waals surface area contributed by atoms with Crippen LogP contribution in [-0.4, -0.2) is 35.7 Å². The van der Waals surface area contributed by atoms with Gasteiger partial charge in [-0.2, -0.15) is 0 Å². The maximum absolute atomic E-state index is 14.3. The van der Waals surface area contributed by atoms with Gasteiger partial charge in [0.05, 0.1) is 6.61 Å². The van der Waals surface area contributed by atoms with E-state index in [1.807, 2.05) is 97.1 Å². The first-order valence-electron chi connectivity index (χ1n) is 13.4. The zero-order chi connectivity index (χ0) is 28.7. The van der Waals surface area contributed by atoms with E-state index in [0.717, 1.165) is 26.7 Å². The van der Waals surface area contributed by atoms with Crippen molar-refractivity contribution in [1.82, 2.24) is 5.32 Å². The van der Waals surface area contributed by atoms with Gasteiger partial charge >= 0.3 is 0 Å². The smallest absolute Gasteiger partial charge is 0.252 e. The van der Waals surface area contributed by atoms with E-state index in [0.29, 0.717) is 36.1 Å². The first-order chi connectivity index (χ1) is 20.0. The minimum atomic E-state index is -1.31. The maximum atomic E-state index is 14.3. The second-order valence-electron chi connectivity index (χ2n) is 9.75. The van der Waals surface area contributed by atoms with Gasteiger partial charge in [-0.25, -0.2) is 4.99 Å². The van der Waals surface area contributed by atoms with Crippen LogP contribution >= 0.6 is 27.5 Å². The average molecular weight is 634 g/mol. The van der Waals surface area contributed by atoms with Crippen molar-refractivity contribution in [3.63, 3.8) is 0 Å². The molecule has 2 atom stereocenters. The molecule has 41 heavy (non-hydrogen) atoms. The number of hydrogen-bond acceptors (Lipinski definition) is 5. The van der Waals surface area contributed by atoms with Crippen LogP contribution in [0.4, 0.5) is 0 Å². The van der Waals surface area contributed by atoms with Gasteiger partial charge in [0, 0.05) is 46.6 Å². The highest BCUT2D eigenvalue weighted by atomic mass is 79.9. The highest BCUT2D eigenvalue weighted by Gasteiger charge is 2.53. The SMILES string of the molecule is O=C(NCc1ccccc1Cl)[C@]1(Cc2ccccc2)N=C(c2ccc(OCCCO)cc2)O[C@@H]1c1ccccc1Br. The summed E-state index contributed by atoms with van der Waals surface area (Å²) in [6.07, 6.45) is 0.163. The first-order valence-corrected chi connectivity index (χ1v) is 14.6. The van der Waals surface area contributed by atoms with Crippen molar-refractivity contribution in [2.24, 2.45) is 4.99 Å².